The van der Waals surface area contributed by atoms with Gasteiger partial charge in [0.2, 0.25) is 0 Å². The first-order valence-corrected chi connectivity index (χ1v) is 12.5. The molecule has 0 radical (unpaired) electrons. The molecule has 4 aromatic rings. The van der Waals surface area contributed by atoms with Crippen molar-refractivity contribution >= 4 is 39.5 Å². The van der Waals surface area contributed by atoms with E-state index in [1.807, 2.05) is 32.9 Å². The number of thiazole rings is 1. The molecule has 4 rings (SSSR count). The van der Waals surface area contributed by atoms with Gasteiger partial charge in [0.1, 0.15) is 22.1 Å². The molecule has 2 aromatic carbocycles. The molecule has 10 heteroatoms. The van der Waals surface area contributed by atoms with E-state index in [1.165, 1.54) is 24.7 Å². The van der Waals surface area contributed by atoms with Gasteiger partial charge in [0.05, 0.1) is 19.9 Å². The summed E-state index contributed by atoms with van der Waals surface area (Å²) in [7, 11) is 2.98. The Hall–Kier alpha value is -4.18. The van der Waals surface area contributed by atoms with Crippen molar-refractivity contribution in [3.05, 3.63) is 80.2 Å². The Labute approximate surface area is 218 Å². The third-order valence-corrected chi connectivity index (χ3v) is 7.05. The van der Waals surface area contributed by atoms with Crippen molar-refractivity contribution in [3.8, 4) is 11.5 Å². The first kappa shape index (κ1) is 25.9. The second-order valence-corrected chi connectivity index (χ2v) is 9.43. The molecule has 0 saturated carbocycles. The number of benzene rings is 2. The number of aromatic nitrogens is 2. The highest BCUT2D eigenvalue weighted by Crippen LogP contribution is 2.31. The van der Waals surface area contributed by atoms with Crippen molar-refractivity contribution in [3.63, 3.8) is 0 Å². The largest absolute Gasteiger partial charge is 0.497 e. The smallest absolute Gasteiger partial charge is 0.274 e. The lowest BCUT2D eigenvalue weighted by Crippen LogP contribution is -2.25. The molecule has 0 aliphatic heterocycles. The molecule has 2 aromatic heterocycles. The Morgan fingerprint density at radius 1 is 1.00 bits per heavy atom. The van der Waals surface area contributed by atoms with Gasteiger partial charge in [0, 0.05) is 23.5 Å². The van der Waals surface area contributed by atoms with Gasteiger partial charge in [-0.05, 0) is 49.6 Å². The number of aryl methyl sites for hydroxylation is 2. The van der Waals surface area contributed by atoms with Crippen LogP contribution in [0.4, 0.5) is 11.4 Å². The summed E-state index contributed by atoms with van der Waals surface area (Å²) in [6.45, 7) is 5.84. The van der Waals surface area contributed by atoms with E-state index in [4.69, 9.17) is 9.47 Å². The number of rotatable bonds is 8. The highest BCUT2D eigenvalue weighted by molar-refractivity contribution is 7.19. The maximum Gasteiger partial charge on any atom is 0.274 e. The first-order chi connectivity index (χ1) is 17.8. The average molecular weight is 521 g/mol. The second kappa shape index (κ2) is 10.8. The van der Waals surface area contributed by atoms with Gasteiger partial charge in [-0.25, -0.2) is 9.38 Å². The van der Waals surface area contributed by atoms with Crippen LogP contribution in [0, 0.1) is 13.8 Å². The molecule has 0 aliphatic rings. The maximum absolute atomic E-state index is 13.7. The van der Waals surface area contributed by atoms with Gasteiger partial charge in [-0.15, -0.1) is 0 Å². The Bertz CT molecular complexity index is 1560. The second-order valence-electron chi connectivity index (χ2n) is 8.46. The summed E-state index contributed by atoms with van der Waals surface area (Å²) in [6, 6.07) is 11.9. The van der Waals surface area contributed by atoms with Crippen LogP contribution in [0.3, 0.4) is 0 Å². The standard InChI is InChI=1S/C27H28N4O5S/c1-6-8-17-13-22(32)31-23(25(33)30-20-14-18(35-4)11-12-21(20)36-5)24(37-27(31)28-17)26(34)29-19-10-7-9-15(2)16(19)3/h7,9-14H,6,8H2,1-5H3,(H,29,34)(H,30,33). The van der Waals surface area contributed by atoms with Crippen molar-refractivity contribution in [1.29, 1.82) is 0 Å². The number of ether oxygens (including phenoxy) is 2. The molecule has 0 aliphatic carbocycles. The first-order valence-electron chi connectivity index (χ1n) is 11.7. The molecule has 0 saturated heterocycles. The average Bonchev–Trinajstić information content (AvgIpc) is 3.27. The van der Waals surface area contributed by atoms with Crippen molar-refractivity contribution in [2.24, 2.45) is 0 Å². The third-order valence-electron chi connectivity index (χ3n) is 6.01. The van der Waals surface area contributed by atoms with Crippen LogP contribution in [0.1, 0.15) is 50.3 Å². The zero-order chi connectivity index (χ0) is 26.7. The number of nitrogens with one attached hydrogen (secondary N) is 2. The van der Waals surface area contributed by atoms with E-state index in [0.29, 0.717) is 35.0 Å². The molecule has 2 N–H and O–H groups in total. The molecule has 9 nitrogen and oxygen atoms in total. The fourth-order valence-corrected chi connectivity index (χ4v) is 4.97. The number of hydrogen-bond acceptors (Lipinski definition) is 7. The molecule has 0 bridgehead atoms. The SMILES string of the molecule is CCCc1cc(=O)n2c(C(=O)Nc3cc(OC)ccc3OC)c(C(=O)Nc3cccc(C)c3C)sc2n1. The van der Waals surface area contributed by atoms with Crippen molar-refractivity contribution in [2.45, 2.75) is 33.6 Å². The lowest BCUT2D eigenvalue weighted by Gasteiger charge is -2.13. The van der Waals surface area contributed by atoms with Crippen molar-refractivity contribution in [2.75, 3.05) is 24.9 Å². The number of nitrogens with zero attached hydrogens (tertiary/aromatic N) is 2. The summed E-state index contributed by atoms with van der Waals surface area (Å²) in [5, 5.41) is 5.66. The lowest BCUT2D eigenvalue weighted by atomic mass is 10.1. The predicted octanol–water partition coefficient (Wildman–Crippen LogP) is 4.85. The molecule has 37 heavy (non-hydrogen) atoms. The molecule has 0 atom stereocenters. The van der Waals surface area contributed by atoms with Crippen LogP contribution in [0.25, 0.3) is 4.96 Å². The fourth-order valence-electron chi connectivity index (χ4n) is 3.92. The van der Waals surface area contributed by atoms with E-state index in [2.05, 4.69) is 15.6 Å². The van der Waals surface area contributed by atoms with Gasteiger partial charge < -0.3 is 20.1 Å². The number of methoxy groups -OCH3 is 2. The number of fused-ring (bicyclic) bond motifs is 1. The van der Waals surface area contributed by atoms with Crippen molar-refractivity contribution < 1.29 is 19.1 Å². The van der Waals surface area contributed by atoms with Gasteiger partial charge in [0.15, 0.2) is 4.96 Å². The van der Waals surface area contributed by atoms with E-state index < -0.39 is 17.4 Å². The minimum atomic E-state index is -0.656. The normalized spacial score (nSPS) is 10.8. The van der Waals surface area contributed by atoms with E-state index in [-0.39, 0.29) is 15.5 Å². The third kappa shape index (κ3) is 5.19. The van der Waals surface area contributed by atoms with Crippen LogP contribution in [0.15, 0.2) is 47.3 Å². The van der Waals surface area contributed by atoms with Crippen LogP contribution in [0.5, 0.6) is 11.5 Å². The fraction of sp³-hybridized carbons (Fsp3) is 0.259. The highest BCUT2D eigenvalue weighted by atomic mass is 32.1. The van der Waals surface area contributed by atoms with E-state index in [9.17, 15) is 14.4 Å². The summed E-state index contributed by atoms with van der Waals surface area (Å²) >= 11 is 0.995. The van der Waals surface area contributed by atoms with Gasteiger partial charge in [-0.2, -0.15) is 0 Å². The van der Waals surface area contributed by atoms with Gasteiger partial charge >= 0.3 is 0 Å². The summed E-state index contributed by atoms with van der Waals surface area (Å²) < 4.78 is 11.8. The van der Waals surface area contributed by atoms with Crippen LogP contribution >= 0.6 is 11.3 Å². The monoisotopic (exact) mass is 520 g/mol. The van der Waals surface area contributed by atoms with Gasteiger partial charge in [0.25, 0.3) is 17.4 Å². The Balaban J connectivity index is 1.84. The van der Waals surface area contributed by atoms with E-state index in [1.54, 1.807) is 24.3 Å². The number of hydrogen-bond donors (Lipinski definition) is 2. The summed E-state index contributed by atoms with van der Waals surface area (Å²) in [6.07, 6.45) is 1.41. The quantitative estimate of drug-likeness (QED) is 0.344. The minimum absolute atomic E-state index is 0.0681. The lowest BCUT2D eigenvalue weighted by molar-refractivity contribution is 0.0989. The van der Waals surface area contributed by atoms with Gasteiger partial charge in [-0.1, -0.05) is 36.8 Å². The Morgan fingerprint density at radius 3 is 2.46 bits per heavy atom. The highest BCUT2D eigenvalue weighted by Gasteiger charge is 2.27. The van der Waals surface area contributed by atoms with Crippen LogP contribution in [-0.2, 0) is 6.42 Å². The van der Waals surface area contributed by atoms with Gasteiger partial charge in [-0.3, -0.25) is 14.4 Å². The summed E-state index contributed by atoms with van der Waals surface area (Å²) in [5.74, 6) is -0.271. The molecule has 192 valence electrons. The Kier molecular flexibility index (Phi) is 7.58. The molecule has 0 fully saturated rings. The maximum atomic E-state index is 13.7. The molecular weight excluding hydrogens is 492 g/mol. The zero-order valence-corrected chi connectivity index (χ0v) is 22.1. The van der Waals surface area contributed by atoms with Crippen LogP contribution in [0.2, 0.25) is 0 Å². The van der Waals surface area contributed by atoms with E-state index >= 15 is 0 Å². The molecular formula is C27H28N4O5S. The molecule has 0 spiro atoms. The van der Waals surface area contributed by atoms with Crippen molar-refractivity contribution in [1.82, 2.24) is 9.38 Å². The molecule has 2 heterocycles. The Morgan fingerprint density at radius 2 is 1.76 bits per heavy atom. The zero-order valence-electron chi connectivity index (χ0n) is 21.3. The van der Waals surface area contributed by atoms with Crippen LogP contribution in [-0.4, -0.2) is 35.4 Å². The molecule has 2 amide bonds. The number of carbonyl (C=O) groups is 2. The number of anilines is 2. The number of carbonyl (C=O) groups excluding carboxylic acids is 2. The molecule has 0 unspecified atom stereocenters. The number of amides is 2. The van der Waals surface area contributed by atoms with E-state index in [0.717, 1.165) is 28.9 Å². The predicted molar refractivity (Wildman–Crippen MR) is 145 cm³/mol. The topological polar surface area (TPSA) is 111 Å². The minimum Gasteiger partial charge on any atom is -0.497 e. The summed E-state index contributed by atoms with van der Waals surface area (Å²) in [4.78, 5) is 45.2. The van der Waals surface area contributed by atoms with Crippen LogP contribution < -0.4 is 25.7 Å². The summed E-state index contributed by atoms with van der Waals surface area (Å²) in [5.41, 5.74) is 2.94.